The second-order valence-corrected chi connectivity index (χ2v) is 6.24. The van der Waals surface area contributed by atoms with Crippen molar-refractivity contribution >= 4 is 5.91 Å². The van der Waals surface area contributed by atoms with Crippen LogP contribution in [0.5, 0.6) is 0 Å². The van der Waals surface area contributed by atoms with Gasteiger partial charge in [0, 0.05) is 12.1 Å². The van der Waals surface area contributed by atoms with Crippen LogP contribution in [-0.2, 0) is 13.1 Å². The minimum absolute atomic E-state index is 0.252. The van der Waals surface area contributed by atoms with Gasteiger partial charge in [-0.15, -0.1) is 10.2 Å². The number of aromatic nitrogens is 5. The molecule has 0 aliphatic rings. The van der Waals surface area contributed by atoms with Crippen LogP contribution >= 0.6 is 0 Å². The average molecular weight is 372 g/mol. The number of carbonyl (C=O) groups is 1. The van der Waals surface area contributed by atoms with Gasteiger partial charge < -0.3 is 9.88 Å². The Morgan fingerprint density at radius 1 is 1.04 bits per heavy atom. The van der Waals surface area contributed by atoms with E-state index in [-0.39, 0.29) is 5.91 Å². The summed E-state index contributed by atoms with van der Waals surface area (Å²) >= 11 is 0. The zero-order valence-corrected chi connectivity index (χ0v) is 15.5. The van der Waals surface area contributed by atoms with Crippen molar-refractivity contribution in [1.29, 1.82) is 0 Å². The lowest BCUT2D eigenvalue weighted by molar-refractivity contribution is 0.0944. The number of hydrogen-bond donors (Lipinski definition) is 1. The summed E-state index contributed by atoms with van der Waals surface area (Å²) in [6.45, 7) is 3.05. The smallest absolute Gasteiger partial charge is 0.272 e. The number of nitrogens with one attached hydrogen (secondary N) is 1. The fraction of sp³-hybridized carbons (Fsp3) is 0.143. The van der Waals surface area contributed by atoms with E-state index >= 15 is 0 Å². The number of amides is 1. The fourth-order valence-electron chi connectivity index (χ4n) is 3.00. The van der Waals surface area contributed by atoms with Gasteiger partial charge in [-0.3, -0.25) is 4.79 Å². The second kappa shape index (κ2) is 7.87. The quantitative estimate of drug-likeness (QED) is 0.564. The topological polar surface area (TPSA) is 77.6 Å². The minimum atomic E-state index is -0.252. The summed E-state index contributed by atoms with van der Waals surface area (Å²) in [6, 6.07) is 21.5. The number of hydrogen-bond acceptors (Lipinski definition) is 4. The Morgan fingerprint density at radius 2 is 1.75 bits per heavy atom. The molecule has 0 bridgehead atoms. The SMILES string of the molecule is CCn1cnnc1CNC(=O)c1cc(-c2ccccc2)n(-c2ccccc2)n1. The summed E-state index contributed by atoms with van der Waals surface area (Å²) in [6.07, 6.45) is 1.65. The van der Waals surface area contributed by atoms with Crippen molar-refractivity contribution < 1.29 is 4.79 Å². The minimum Gasteiger partial charge on any atom is -0.343 e. The highest BCUT2D eigenvalue weighted by Crippen LogP contribution is 2.24. The van der Waals surface area contributed by atoms with Crippen LogP contribution in [0.3, 0.4) is 0 Å². The van der Waals surface area contributed by atoms with Crippen LogP contribution in [0.4, 0.5) is 0 Å². The largest absolute Gasteiger partial charge is 0.343 e. The molecule has 0 aliphatic heterocycles. The molecule has 28 heavy (non-hydrogen) atoms. The average Bonchev–Trinajstić information content (AvgIpc) is 3.40. The van der Waals surface area contributed by atoms with Crippen molar-refractivity contribution in [1.82, 2.24) is 29.9 Å². The zero-order chi connectivity index (χ0) is 19.3. The summed E-state index contributed by atoms with van der Waals surface area (Å²) in [5.74, 6) is 0.458. The lowest BCUT2D eigenvalue weighted by atomic mass is 10.1. The second-order valence-electron chi connectivity index (χ2n) is 6.24. The van der Waals surface area contributed by atoms with Gasteiger partial charge in [0.05, 0.1) is 17.9 Å². The first-order chi connectivity index (χ1) is 13.8. The Labute approximate surface area is 162 Å². The summed E-state index contributed by atoms with van der Waals surface area (Å²) in [7, 11) is 0. The van der Waals surface area contributed by atoms with Crippen LogP contribution in [0, 0.1) is 0 Å². The van der Waals surface area contributed by atoms with E-state index in [0.717, 1.165) is 23.5 Å². The van der Waals surface area contributed by atoms with Gasteiger partial charge in [0.25, 0.3) is 5.91 Å². The summed E-state index contributed by atoms with van der Waals surface area (Å²) in [5, 5.41) is 15.4. The lowest BCUT2D eigenvalue weighted by Gasteiger charge is -2.07. The molecular weight excluding hydrogens is 352 g/mol. The molecule has 2 aromatic carbocycles. The van der Waals surface area contributed by atoms with Crippen LogP contribution in [0.25, 0.3) is 16.9 Å². The Bertz CT molecular complexity index is 1010. The molecule has 0 aliphatic carbocycles. The van der Waals surface area contributed by atoms with Crippen LogP contribution in [0.2, 0.25) is 0 Å². The molecule has 0 atom stereocenters. The maximum atomic E-state index is 12.7. The van der Waals surface area contributed by atoms with E-state index in [0.29, 0.717) is 18.1 Å². The first-order valence-corrected chi connectivity index (χ1v) is 9.12. The molecule has 2 aromatic heterocycles. The molecule has 7 heteroatoms. The predicted octanol–water partition coefficient (Wildman–Crippen LogP) is 3.08. The van der Waals surface area contributed by atoms with Crippen LogP contribution in [0.1, 0.15) is 23.2 Å². The van der Waals surface area contributed by atoms with E-state index < -0.39 is 0 Å². The highest BCUT2D eigenvalue weighted by atomic mass is 16.1. The third-order valence-electron chi connectivity index (χ3n) is 4.46. The van der Waals surface area contributed by atoms with Crippen molar-refractivity contribution in [2.24, 2.45) is 0 Å². The normalized spacial score (nSPS) is 10.8. The van der Waals surface area contributed by atoms with Gasteiger partial charge >= 0.3 is 0 Å². The fourth-order valence-corrected chi connectivity index (χ4v) is 3.00. The molecule has 0 spiro atoms. The maximum Gasteiger partial charge on any atom is 0.272 e. The molecule has 4 aromatic rings. The number of para-hydroxylation sites is 1. The van der Waals surface area contributed by atoms with Gasteiger partial charge in [0.1, 0.15) is 6.33 Å². The van der Waals surface area contributed by atoms with E-state index in [9.17, 15) is 4.79 Å². The van der Waals surface area contributed by atoms with Crippen molar-refractivity contribution in [2.75, 3.05) is 0 Å². The van der Waals surface area contributed by atoms with E-state index in [1.807, 2.05) is 78.2 Å². The number of aryl methyl sites for hydroxylation is 1. The standard InChI is InChI=1S/C21H20N6O/c1-2-26-15-23-24-20(26)14-22-21(28)18-13-19(16-9-5-3-6-10-16)27(25-18)17-11-7-4-8-12-17/h3-13,15H,2,14H2,1H3,(H,22,28). The molecule has 1 N–H and O–H groups in total. The number of carbonyl (C=O) groups excluding carboxylic acids is 1. The highest BCUT2D eigenvalue weighted by molar-refractivity contribution is 5.93. The molecule has 4 rings (SSSR count). The Kier molecular flexibility index (Phi) is 4.97. The monoisotopic (exact) mass is 372 g/mol. The van der Waals surface area contributed by atoms with Crippen molar-refractivity contribution in [3.63, 3.8) is 0 Å². The van der Waals surface area contributed by atoms with E-state index in [2.05, 4.69) is 20.6 Å². The number of benzene rings is 2. The van der Waals surface area contributed by atoms with Crippen LogP contribution in [0.15, 0.2) is 73.1 Å². The Hall–Kier alpha value is -3.74. The summed E-state index contributed by atoms with van der Waals surface area (Å²) in [4.78, 5) is 12.7. The Morgan fingerprint density at radius 3 is 2.46 bits per heavy atom. The summed E-state index contributed by atoms with van der Waals surface area (Å²) in [5.41, 5.74) is 3.09. The van der Waals surface area contributed by atoms with Crippen molar-refractivity contribution in [3.05, 3.63) is 84.6 Å². The van der Waals surface area contributed by atoms with Gasteiger partial charge in [-0.05, 0) is 25.1 Å². The molecule has 0 saturated carbocycles. The number of rotatable bonds is 6. The molecule has 2 heterocycles. The molecule has 1 amide bonds. The molecular formula is C21H20N6O. The van der Waals surface area contributed by atoms with Gasteiger partial charge in [-0.1, -0.05) is 48.5 Å². The van der Waals surface area contributed by atoms with Crippen molar-refractivity contribution in [3.8, 4) is 16.9 Å². The van der Waals surface area contributed by atoms with Crippen LogP contribution < -0.4 is 5.32 Å². The maximum absolute atomic E-state index is 12.7. The number of nitrogens with zero attached hydrogens (tertiary/aromatic N) is 5. The van der Waals surface area contributed by atoms with Crippen LogP contribution in [-0.4, -0.2) is 30.5 Å². The predicted molar refractivity (Wildman–Crippen MR) is 106 cm³/mol. The third-order valence-corrected chi connectivity index (χ3v) is 4.46. The summed E-state index contributed by atoms with van der Waals surface area (Å²) < 4.78 is 3.68. The van der Waals surface area contributed by atoms with Gasteiger partial charge in [0.15, 0.2) is 11.5 Å². The molecule has 140 valence electrons. The van der Waals surface area contributed by atoms with Gasteiger partial charge in [-0.25, -0.2) is 4.68 Å². The first kappa shape index (κ1) is 17.7. The van der Waals surface area contributed by atoms with Gasteiger partial charge in [0.2, 0.25) is 0 Å². The van der Waals surface area contributed by atoms with E-state index in [1.54, 1.807) is 11.0 Å². The highest BCUT2D eigenvalue weighted by Gasteiger charge is 2.17. The molecule has 0 radical (unpaired) electrons. The zero-order valence-electron chi connectivity index (χ0n) is 15.5. The first-order valence-electron chi connectivity index (χ1n) is 9.12. The van der Waals surface area contributed by atoms with E-state index in [4.69, 9.17) is 0 Å². The Balaban J connectivity index is 1.64. The molecule has 0 fully saturated rings. The third kappa shape index (κ3) is 3.55. The molecule has 0 unspecified atom stereocenters. The lowest BCUT2D eigenvalue weighted by Crippen LogP contribution is -2.25. The molecule has 7 nitrogen and oxygen atoms in total. The van der Waals surface area contributed by atoms with E-state index in [1.165, 1.54) is 0 Å². The van der Waals surface area contributed by atoms with Gasteiger partial charge in [-0.2, -0.15) is 5.10 Å². The van der Waals surface area contributed by atoms with Crippen molar-refractivity contribution in [2.45, 2.75) is 20.0 Å². The molecule has 0 saturated heterocycles.